The third kappa shape index (κ3) is 3.81. The van der Waals surface area contributed by atoms with E-state index in [4.69, 9.17) is 0 Å². The number of hydrogen-bond donors (Lipinski definition) is 0. The molecule has 2 aliphatic rings. The number of piperazine rings is 1. The minimum absolute atomic E-state index is 0.0256. The standard InChI is InChI=1S/C18H31N5O/c1-4-20-8-10-21(11-9-20)18(24)16(3)23-7-5-6-17(23)14-22-13-15(2)12-19-22/h12-13,16-17H,4-11,14H2,1-3H3/t16-,17-/m1/s1. The summed E-state index contributed by atoms with van der Waals surface area (Å²) in [6.45, 7) is 13.1. The zero-order valence-electron chi connectivity index (χ0n) is 15.3. The first-order valence-corrected chi connectivity index (χ1v) is 9.34. The molecule has 3 rings (SSSR count). The van der Waals surface area contributed by atoms with E-state index < -0.39 is 0 Å². The largest absolute Gasteiger partial charge is 0.339 e. The van der Waals surface area contributed by atoms with E-state index in [9.17, 15) is 4.79 Å². The van der Waals surface area contributed by atoms with Crippen molar-refractivity contribution in [3.8, 4) is 0 Å². The van der Waals surface area contributed by atoms with Crippen LogP contribution in [0.5, 0.6) is 0 Å². The molecule has 0 unspecified atom stereocenters. The predicted octanol–water partition coefficient (Wildman–Crippen LogP) is 1.21. The van der Waals surface area contributed by atoms with E-state index in [1.807, 2.05) is 10.9 Å². The highest BCUT2D eigenvalue weighted by molar-refractivity contribution is 5.81. The molecule has 3 heterocycles. The maximum atomic E-state index is 12.9. The summed E-state index contributed by atoms with van der Waals surface area (Å²) >= 11 is 0. The van der Waals surface area contributed by atoms with Crippen molar-refractivity contribution in [2.24, 2.45) is 0 Å². The molecule has 6 heteroatoms. The fraction of sp³-hybridized carbons (Fsp3) is 0.778. The van der Waals surface area contributed by atoms with Crippen LogP contribution in [0.25, 0.3) is 0 Å². The van der Waals surface area contributed by atoms with E-state index in [1.165, 1.54) is 12.0 Å². The maximum Gasteiger partial charge on any atom is 0.239 e. The van der Waals surface area contributed by atoms with Gasteiger partial charge in [0.1, 0.15) is 0 Å². The number of aryl methyl sites for hydroxylation is 1. The Labute approximate surface area is 145 Å². The quantitative estimate of drug-likeness (QED) is 0.812. The van der Waals surface area contributed by atoms with Gasteiger partial charge in [-0.25, -0.2) is 0 Å². The maximum absolute atomic E-state index is 12.9. The fourth-order valence-corrected chi connectivity index (χ4v) is 4.04. The first-order valence-electron chi connectivity index (χ1n) is 9.34. The van der Waals surface area contributed by atoms with Crippen molar-refractivity contribution in [1.29, 1.82) is 0 Å². The van der Waals surface area contributed by atoms with Gasteiger partial charge in [-0.15, -0.1) is 0 Å². The normalized spacial score (nSPS) is 24.5. The molecular weight excluding hydrogens is 302 g/mol. The molecule has 24 heavy (non-hydrogen) atoms. The molecule has 0 aliphatic carbocycles. The molecule has 0 spiro atoms. The third-order valence-corrected chi connectivity index (χ3v) is 5.57. The molecule has 2 saturated heterocycles. The Morgan fingerprint density at radius 1 is 1.29 bits per heavy atom. The Balaban J connectivity index is 1.58. The van der Waals surface area contributed by atoms with Gasteiger partial charge >= 0.3 is 0 Å². The lowest BCUT2D eigenvalue weighted by Gasteiger charge is -2.38. The average molecular weight is 333 g/mol. The van der Waals surface area contributed by atoms with E-state index in [1.54, 1.807) is 0 Å². The lowest BCUT2D eigenvalue weighted by molar-refractivity contribution is -0.138. The van der Waals surface area contributed by atoms with Crippen LogP contribution in [0.2, 0.25) is 0 Å². The Morgan fingerprint density at radius 3 is 2.67 bits per heavy atom. The Hall–Kier alpha value is -1.40. The Bertz CT molecular complexity index is 549. The zero-order valence-corrected chi connectivity index (χ0v) is 15.3. The summed E-state index contributed by atoms with van der Waals surface area (Å²) in [4.78, 5) is 19.8. The summed E-state index contributed by atoms with van der Waals surface area (Å²) < 4.78 is 2.02. The second-order valence-electron chi connectivity index (χ2n) is 7.21. The van der Waals surface area contributed by atoms with Crippen molar-refractivity contribution < 1.29 is 4.79 Å². The predicted molar refractivity (Wildman–Crippen MR) is 94.8 cm³/mol. The highest BCUT2D eigenvalue weighted by Gasteiger charge is 2.35. The molecule has 0 saturated carbocycles. The molecule has 2 fully saturated rings. The molecule has 0 aromatic carbocycles. The molecule has 1 amide bonds. The smallest absolute Gasteiger partial charge is 0.239 e. The van der Waals surface area contributed by atoms with Gasteiger partial charge in [0.15, 0.2) is 0 Å². The highest BCUT2D eigenvalue weighted by atomic mass is 16.2. The number of nitrogens with zero attached hydrogens (tertiary/aromatic N) is 5. The summed E-state index contributed by atoms with van der Waals surface area (Å²) in [5.74, 6) is 0.300. The van der Waals surface area contributed by atoms with Gasteiger partial charge in [0.25, 0.3) is 0 Å². The number of likely N-dealkylation sites (tertiary alicyclic amines) is 1. The monoisotopic (exact) mass is 333 g/mol. The molecule has 1 aromatic heterocycles. The van der Waals surface area contributed by atoms with Crippen LogP contribution in [-0.4, -0.2) is 81.7 Å². The second-order valence-corrected chi connectivity index (χ2v) is 7.21. The van der Waals surface area contributed by atoms with Gasteiger partial charge in [0.05, 0.1) is 18.8 Å². The van der Waals surface area contributed by atoms with Crippen LogP contribution in [0, 0.1) is 6.92 Å². The van der Waals surface area contributed by atoms with Crippen LogP contribution in [0.3, 0.4) is 0 Å². The van der Waals surface area contributed by atoms with E-state index in [-0.39, 0.29) is 6.04 Å². The van der Waals surface area contributed by atoms with Crippen molar-refractivity contribution in [3.63, 3.8) is 0 Å². The van der Waals surface area contributed by atoms with Crippen molar-refractivity contribution in [2.45, 2.75) is 52.2 Å². The number of carbonyl (C=O) groups is 1. The number of aromatic nitrogens is 2. The Kier molecular flexibility index (Phi) is 5.56. The topological polar surface area (TPSA) is 44.6 Å². The van der Waals surface area contributed by atoms with Gasteiger partial charge in [-0.3, -0.25) is 14.4 Å². The molecule has 0 N–H and O–H groups in total. The summed E-state index contributed by atoms with van der Waals surface area (Å²) in [5.41, 5.74) is 1.19. The lowest BCUT2D eigenvalue weighted by Crippen LogP contribution is -2.55. The SMILES string of the molecule is CCN1CCN(C(=O)[C@@H](C)N2CCC[C@@H]2Cn2cc(C)cn2)CC1. The summed E-state index contributed by atoms with van der Waals surface area (Å²) in [7, 11) is 0. The van der Waals surface area contributed by atoms with Crippen LogP contribution in [0.4, 0.5) is 0 Å². The van der Waals surface area contributed by atoms with Crippen LogP contribution >= 0.6 is 0 Å². The van der Waals surface area contributed by atoms with Crippen LogP contribution < -0.4 is 0 Å². The van der Waals surface area contributed by atoms with E-state index in [0.717, 1.165) is 52.2 Å². The van der Waals surface area contributed by atoms with Gasteiger partial charge in [0, 0.05) is 38.4 Å². The Morgan fingerprint density at radius 2 is 2.04 bits per heavy atom. The first kappa shape index (κ1) is 17.4. The molecule has 0 bridgehead atoms. The second kappa shape index (κ2) is 7.66. The number of amides is 1. The van der Waals surface area contributed by atoms with Crippen LogP contribution in [-0.2, 0) is 11.3 Å². The molecule has 2 aliphatic heterocycles. The van der Waals surface area contributed by atoms with E-state index >= 15 is 0 Å². The minimum Gasteiger partial charge on any atom is -0.339 e. The van der Waals surface area contributed by atoms with Crippen molar-refractivity contribution in [2.75, 3.05) is 39.3 Å². The van der Waals surface area contributed by atoms with Gasteiger partial charge < -0.3 is 9.80 Å². The zero-order chi connectivity index (χ0) is 17.1. The molecule has 6 nitrogen and oxygen atoms in total. The molecule has 2 atom stereocenters. The van der Waals surface area contributed by atoms with Crippen molar-refractivity contribution >= 4 is 5.91 Å². The van der Waals surface area contributed by atoms with Crippen LogP contribution in [0.1, 0.15) is 32.3 Å². The van der Waals surface area contributed by atoms with Gasteiger partial charge in [0.2, 0.25) is 5.91 Å². The highest BCUT2D eigenvalue weighted by Crippen LogP contribution is 2.23. The molecule has 134 valence electrons. The number of carbonyl (C=O) groups excluding carboxylic acids is 1. The van der Waals surface area contributed by atoms with Crippen molar-refractivity contribution in [3.05, 3.63) is 18.0 Å². The number of hydrogen-bond acceptors (Lipinski definition) is 4. The van der Waals surface area contributed by atoms with Gasteiger partial charge in [-0.2, -0.15) is 5.10 Å². The minimum atomic E-state index is -0.0256. The number of likely N-dealkylation sites (N-methyl/N-ethyl adjacent to an activating group) is 1. The molecular formula is C18H31N5O. The van der Waals surface area contributed by atoms with Crippen LogP contribution in [0.15, 0.2) is 12.4 Å². The van der Waals surface area contributed by atoms with E-state index in [0.29, 0.717) is 11.9 Å². The lowest BCUT2D eigenvalue weighted by atomic mass is 10.1. The van der Waals surface area contributed by atoms with Gasteiger partial charge in [-0.05, 0) is 45.3 Å². The summed E-state index contributed by atoms with van der Waals surface area (Å²) in [6, 6.07) is 0.391. The van der Waals surface area contributed by atoms with E-state index in [2.05, 4.69) is 46.8 Å². The number of rotatable bonds is 5. The molecule has 1 aromatic rings. The molecule has 0 radical (unpaired) electrons. The average Bonchev–Trinajstić information content (AvgIpc) is 3.23. The fourth-order valence-electron chi connectivity index (χ4n) is 4.04. The first-order chi connectivity index (χ1) is 11.6. The van der Waals surface area contributed by atoms with Crippen molar-refractivity contribution in [1.82, 2.24) is 24.5 Å². The third-order valence-electron chi connectivity index (χ3n) is 5.57. The summed E-state index contributed by atoms with van der Waals surface area (Å²) in [6.07, 6.45) is 6.32. The summed E-state index contributed by atoms with van der Waals surface area (Å²) in [5, 5.41) is 4.41. The van der Waals surface area contributed by atoms with Gasteiger partial charge in [-0.1, -0.05) is 6.92 Å².